The molecule has 0 saturated heterocycles. The lowest BCUT2D eigenvalue weighted by Gasteiger charge is -2.08. The topological polar surface area (TPSA) is 12.9 Å². The van der Waals surface area contributed by atoms with E-state index in [4.69, 9.17) is 0 Å². The summed E-state index contributed by atoms with van der Waals surface area (Å²) >= 11 is 0. The van der Waals surface area contributed by atoms with E-state index >= 15 is 0 Å². The van der Waals surface area contributed by atoms with Crippen LogP contribution in [0.3, 0.4) is 0 Å². The average molecular weight is 460 g/mol. The Kier molecular flexibility index (Phi) is 11.3. The molecular weight excluding hydrogens is 417 g/mol. The van der Waals surface area contributed by atoms with Crippen molar-refractivity contribution in [2.45, 2.75) is 97.3 Å². The minimum absolute atomic E-state index is 0.402. The molecule has 3 rings (SSSR count). The highest BCUT2D eigenvalue weighted by molar-refractivity contribution is 5.67. The third kappa shape index (κ3) is 8.38. The van der Waals surface area contributed by atoms with Crippen molar-refractivity contribution in [2.24, 2.45) is 0 Å². The van der Waals surface area contributed by atoms with Crippen LogP contribution in [0.1, 0.15) is 95.6 Å². The van der Waals surface area contributed by atoms with Crippen LogP contribution in [-0.2, 0) is 12.8 Å². The van der Waals surface area contributed by atoms with Crippen LogP contribution in [0, 0.1) is 5.95 Å². The zero-order chi connectivity index (χ0) is 24.0. The molecule has 0 fully saturated rings. The number of aromatic nitrogens is 1. The standard InChI is InChI=1S/C32H42FN/c1-3-5-7-9-10-11-13-15-26-16-20-28(21-17-26)30-24-25-31(34-32(30)33)29-22-18-27(19-23-29)14-12-8-6-4-2/h16-25H,3-15H2,1-2H3. The molecular formula is C32H42FN. The molecule has 1 heterocycles. The van der Waals surface area contributed by atoms with Crippen LogP contribution >= 0.6 is 0 Å². The highest BCUT2D eigenvalue weighted by Gasteiger charge is 2.09. The lowest BCUT2D eigenvalue weighted by molar-refractivity contribution is 0.588. The zero-order valence-corrected chi connectivity index (χ0v) is 21.3. The van der Waals surface area contributed by atoms with E-state index in [1.54, 1.807) is 0 Å². The van der Waals surface area contributed by atoms with Crippen LogP contribution in [0.15, 0.2) is 60.7 Å². The smallest absolute Gasteiger partial charge is 0.219 e. The van der Waals surface area contributed by atoms with Crippen molar-refractivity contribution in [1.82, 2.24) is 4.98 Å². The van der Waals surface area contributed by atoms with Crippen molar-refractivity contribution < 1.29 is 4.39 Å². The first kappa shape index (κ1) is 26.1. The number of nitrogens with zero attached hydrogens (tertiary/aromatic N) is 1. The molecule has 182 valence electrons. The third-order valence-corrected chi connectivity index (χ3v) is 6.75. The Bertz CT molecular complexity index is 959. The van der Waals surface area contributed by atoms with Crippen molar-refractivity contribution in [2.75, 3.05) is 0 Å². The van der Waals surface area contributed by atoms with E-state index in [1.165, 1.54) is 81.8 Å². The van der Waals surface area contributed by atoms with Crippen LogP contribution in [-0.4, -0.2) is 4.98 Å². The maximum absolute atomic E-state index is 14.9. The molecule has 0 unspecified atom stereocenters. The molecule has 1 aromatic heterocycles. The molecule has 2 aromatic carbocycles. The minimum Gasteiger partial charge on any atom is -0.219 e. The summed E-state index contributed by atoms with van der Waals surface area (Å²) in [6, 6.07) is 20.6. The Balaban J connectivity index is 1.53. The molecule has 0 N–H and O–H groups in total. The van der Waals surface area contributed by atoms with Gasteiger partial charge in [-0.15, -0.1) is 0 Å². The van der Waals surface area contributed by atoms with Gasteiger partial charge in [0.05, 0.1) is 5.69 Å². The number of benzene rings is 2. The Morgan fingerprint density at radius 3 is 1.53 bits per heavy atom. The Morgan fingerprint density at radius 2 is 1.00 bits per heavy atom. The SMILES string of the molecule is CCCCCCCCCc1ccc(-c2ccc(-c3ccc(CCCCCC)cc3)nc2F)cc1. The molecule has 0 spiro atoms. The highest BCUT2D eigenvalue weighted by atomic mass is 19.1. The summed E-state index contributed by atoms with van der Waals surface area (Å²) in [5.41, 5.74) is 5.79. The highest BCUT2D eigenvalue weighted by Crippen LogP contribution is 2.26. The van der Waals surface area contributed by atoms with Crippen molar-refractivity contribution in [3.05, 3.63) is 77.7 Å². The average Bonchev–Trinajstić information content (AvgIpc) is 2.87. The number of aryl methyl sites for hydroxylation is 2. The van der Waals surface area contributed by atoms with Gasteiger partial charge < -0.3 is 0 Å². The van der Waals surface area contributed by atoms with E-state index in [1.807, 2.05) is 24.3 Å². The molecule has 0 atom stereocenters. The second-order valence-corrected chi connectivity index (χ2v) is 9.61. The number of unbranched alkanes of at least 4 members (excludes halogenated alkanes) is 9. The normalized spacial score (nSPS) is 11.1. The van der Waals surface area contributed by atoms with Gasteiger partial charge in [-0.25, -0.2) is 4.98 Å². The fourth-order valence-corrected chi connectivity index (χ4v) is 4.55. The van der Waals surface area contributed by atoms with Gasteiger partial charge in [-0.05, 0) is 54.5 Å². The van der Waals surface area contributed by atoms with Crippen molar-refractivity contribution in [1.29, 1.82) is 0 Å². The van der Waals surface area contributed by atoms with Gasteiger partial charge in [0.25, 0.3) is 0 Å². The Morgan fingerprint density at radius 1 is 0.529 bits per heavy atom. The maximum Gasteiger partial charge on any atom is 0.221 e. The molecule has 0 aliphatic carbocycles. The molecule has 34 heavy (non-hydrogen) atoms. The molecule has 0 amide bonds. The van der Waals surface area contributed by atoms with E-state index in [0.29, 0.717) is 11.3 Å². The van der Waals surface area contributed by atoms with E-state index < -0.39 is 5.95 Å². The summed E-state index contributed by atoms with van der Waals surface area (Å²) in [5.74, 6) is -0.402. The zero-order valence-electron chi connectivity index (χ0n) is 21.3. The number of halogens is 1. The van der Waals surface area contributed by atoms with Crippen molar-refractivity contribution >= 4 is 0 Å². The largest absolute Gasteiger partial charge is 0.221 e. The third-order valence-electron chi connectivity index (χ3n) is 6.75. The van der Waals surface area contributed by atoms with Gasteiger partial charge in [-0.2, -0.15) is 4.39 Å². The first-order valence-corrected chi connectivity index (χ1v) is 13.6. The summed E-state index contributed by atoms with van der Waals surface area (Å²) < 4.78 is 14.9. The molecule has 1 nitrogen and oxygen atoms in total. The fourth-order valence-electron chi connectivity index (χ4n) is 4.55. The molecule has 0 aliphatic rings. The number of hydrogen-bond donors (Lipinski definition) is 0. The molecule has 3 aromatic rings. The van der Waals surface area contributed by atoms with Crippen molar-refractivity contribution in [3.8, 4) is 22.4 Å². The minimum atomic E-state index is -0.402. The predicted octanol–water partition coefficient (Wildman–Crippen LogP) is 9.97. The maximum atomic E-state index is 14.9. The number of pyridine rings is 1. The summed E-state index contributed by atoms with van der Waals surface area (Å²) in [6.07, 6.45) is 16.5. The monoisotopic (exact) mass is 459 g/mol. The molecule has 0 aliphatic heterocycles. The summed E-state index contributed by atoms with van der Waals surface area (Å²) in [5, 5.41) is 0. The van der Waals surface area contributed by atoms with E-state index in [-0.39, 0.29) is 0 Å². The predicted molar refractivity (Wildman–Crippen MR) is 145 cm³/mol. The van der Waals surface area contributed by atoms with Crippen LogP contribution < -0.4 is 0 Å². The van der Waals surface area contributed by atoms with Gasteiger partial charge in [0.2, 0.25) is 5.95 Å². The van der Waals surface area contributed by atoms with Gasteiger partial charge in [-0.3, -0.25) is 0 Å². The fraction of sp³-hybridized carbons (Fsp3) is 0.469. The first-order valence-electron chi connectivity index (χ1n) is 13.6. The van der Waals surface area contributed by atoms with Crippen LogP contribution in [0.25, 0.3) is 22.4 Å². The van der Waals surface area contributed by atoms with Gasteiger partial charge >= 0.3 is 0 Å². The van der Waals surface area contributed by atoms with Gasteiger partial charge in [0.1, 0.15) is 0 Å². The number of rotatable bonds is 15. The molecule has 0 radical (unpaired) electrons. The first-order chi connectivity index (χ1) is 16.7. The Hall–Kier alpha value is -2.48. The summed E-state index contributed by atoms with van der Waals surface area (Å²) in [7, 11) is 0. The van der Waals surface area contributed by atoms with E-state index in [9.17, 15) is 4.39 Å². The molecule has 2 heteroatoms. The molecule has 0 saturated carbocycles. The Labute approximate surface area is 206 Å². The summed E-state index contributed by atoms with van der Waals surface area (Å²) in [4.78, 5) is 4.28. The lowest BCUT2D eigenvalue weighted by Crippen LogP contribution is -1.94. The summed E-state index contributed by atoms with van der Waals surface area (Å²) in [6.45, 7) is 4.49. The van der Waals surface area contributed by atoms with E-state index in [2.05, 4.69) is 55.2 Å². The van der Waals surface area contributed by atoms with Gasteiger partial charge in [0.15, 0.2) is 0 Å². The van der Waals surface area contributed by atoms with Crippen molar-refractivity contribution in [3.63, 3.8) is 0 Å². The lowest BCUT2D eigenvalue weighted by atomic mass is 10.00. The van der Waals surface area contributed by atoms with Crippen LogP contribution in [0.2, 0.25) is 0 Å². The van der Waals surface area contributed by atoms with Gasteiger partial charge in [-0.1, -0.05) is 120 Å². The molecule has 0 bridgehead atoms. The second kappa shape index (κ2) is 14.7. The van der Waals surface area contributed by atoms with Gasteiger partial charge in [0, 0.05) is 11.1 Å². The van der Waals surface area contributed by atoms with E-state index in [0.717, 1.165) is 24.0 Å². The van der Waals surface area contributed by atoms with Crippen LogP contribution in [0.5, 0.6) is 0 Å². The quantitative estimate of drug-likeness (QED) is 0.163. The van der Waals surface area contributed by atoms with Crippen LogP contribution in [0.4, 0.5) is 4.39 Å². The number of hydrogen-bond acceptors (Lipinski definition) is 1. The second-order valence-electron chi connectivity index (χ2n) is 9.61.